The van der Waals surface area contributed by atoms with Gasteiger partial charge >= 0.3 is 0 Å². The quantitative estimate of drug-likeness (QED) is 0.739. The van der Waals surface area contributed by atoms with Crippen molar-refractivity contribution < 1.29 is 4.79 Å². The van der Waals surface area contributed by atoms with Gasteiger partial charge in [0.2, 0.25) is 5.91 Å². The summed E-state index contributed by atoms with van der Waals surface area (Å²) < 4.78 is 1.68. The number of piperidine rings is 1. The summed E-state index contributed by atoms with van der Waals surface area (Å²) in [6.07, 6.45) is 4.29. The molecule has 4 rings (SSSR count). The maximum absolute atomic E-state index is 12.7. The van der Waals surface area contributed by atoms with Crippen LogP contribution >= 0.6 is 0 Å². The molecule has 2 aromatic heterocycles. The first kappa shape index (κ1) is 18.4. The van der Waals surface area contributed by atoms with Crippen molar-refractivity contribution in [2.45, 2.75) is 39.2 Å². The fourth-order valence-electron chi connectivity index (χ4n) is 3.71. The van der Waals surface area contributed by atoms with Gasteiger partial charge in [-0.15, -0.1) is 15.3 Å². The molecule has 3 aromatic rings. The number of anilines is 1. The van der Waals surface area contributed by atoms with Gasteiger partial charge in [0, 0.05) is 19.0 Å². The lowest BCUT2D eigenvalue weighted by Crippen LogP contribution is -2.41. The number of nitrogens with zero attached hydrogens (tertiary/aromatic N) is 5. The zero-order chi connectivity index (χ0) is 19.5. The summed E-state index contributed by atoms with van der Waals surface area (Å²) in [7, 11) is 0. The van der Waals surface area contributed by atoms with Crippen LogP contribution in [0.1, 0.15) is 43.9 Å². The topological polar surface area (TPSA) is 75.4 Å². The number of fused-ring (bicyclic) bond motifs is 1. The third-order valence-electron chi connectivity index (χ3n) is 5.58. The van der Waals surface area contributed by atoms with Gasteiger partial charge in [-0.1, -0.05) is 31.2 Å². The molecular formula is C21H26N6O. The Morgan fingerprint density at radius 3 is 2.64 bits per heavy atom. The standard InChI is InChI=1S/C21H26N6O/c1-3-16-4-6-17(7-5-16)15(2)23-21(28)18-10-12-26(13-11-18)20-9-8-19-24-22-14-27(19)25-20/h4-9,14-15,18H,3,10-13H2,1-2H3,(H,23,28)/t15-/m1/s1. The van der Waals surface area contributed by atoms with Crippen molar-refractivity contribution in [3.05, 3.63) is 53.9 Å². The molecule has 1 saturated heterocycles. The number of hydrogen-bond donors (Lipinski definition) is 1. The second-order valence-electron chi connectivity index (χ2n) is 7.41. The van der Waals surface area contributed by atoms with E-state index in [-0.39, 0.29) is 17.9 Å². The van der Waals surface area contributed by atoms with Crippen molar-refractivity contribution in [1.82, 2.24) is 25.1 Å². The van der Waals surface area contributed by atoms with Gasteiger partial charge < -0.3 is 10.2 Å². The monoisotopic (exact) mass is 378 g/mol. The molecule has 1 atom stereocenters. The van der Waals surface area contributed by atoms with Crippen molar-refractivity contribution in [2.24, 2.45) is 5.92 Å². The normalized spacial score (nSPS) is 16.3. The molecule has 1 aliphatic rings. The summed E-state index contributed by atoms with van der Waals surface area (Å²) in [4.78, 5) is 14.9. The highest BCUT2D eigenvalue weighted by Gasteiger charge is 2.26. The van der Waals surface area contributed by atoms with E-state index in [9.17, 15) is 4.79 Å². The zero-order valence-electron chi connectivity index (χ0n) is 16.4. The van der Waals surface area contributed by atoms with E-state index in [0.717, 1.165) is 49.4 Å². The van der Waals surface area contributed by atoms with Crippen LogP contribution in [0, 0.1) is 5.92 Å². The molecule has 1 aliphatic heterocycles. The van der Waals surface area contributed by atoms with Crippen LogP contribution in [0.15, 0.2) is 42.7 Å². The lowest BCUT2D eigenvalue weighted by atomic mass is 9.95. The second kappa shape index (κ2) is 7.96. The lowest BCUT2D eigenvalue weighted by molar-refractivity contribution is -0.126. The number of aromatic nitrogens is 4. The number of amides is 1. The molecule has 0 saturated carbocycles. The first-order valence-corrected chi connectivity index (χ1v) is 9.95. The number of aryl methyl sites for hydroxylation is 1. The SMILES string of the molecule is CCc1ccc([C@@H](C)NC(=O)C2CCN(c3ccc4nncn4n3)CC2)cc1. The van der Waals surface area contributed by atoms with E-state index in [1.807, 2.05) is 19.1 Å². The first-order chi connectivity index (χ1) is 13.6. The average molecular weight is 378 g/mol. The summed E-state index contributed by atoms with van der Waals surface area (Å²) in [6, 6.07) is 12.4. The maximum Gasteiger partial charge on any atom is 0.223 e. The van der Waals surface area contributed by atoms with Crippen molar-refractivity contribution >= 4 is 17.4 Å². The fourth-order valence-corrected chi connectivity index (χ4v) is 3.71. The zero-order valence-corrected chi connectivity index (χ0v) is 16.4. The summed E-state index contributed by atoms with van der Waals surface area (Å²) in [6.45, 7) is 5.83. The number of benzene rings is 1. The molecular weight excluding hydrogens is 352 g/mol. The minimum atomic E-state index is 0.0225. The first-order valence-electron chi connectivity index (χ1n) is 9.95. The third-order valence-corrected chi connectivity index (χ3v) is 5.58. The minimum absolute atomic E-state index is 0.0225. The van der Waals surface area contributed by atoms with Crippen LogP contribution in [0.4, 0.5) is 5.82 Å². The summed E-state index contributed by atoms with van der Waals surface area (Å²) >= 11 is 0. The van der Waals surface area contributed by atoms with E-state index in [0.29, 0.717) is 0 Å². The van der Waals surface area contributed by atoms with Crippen LogP contribution < -0.4 is 10.2 Å². The lowest BCUT2D eigenvalue weighted by Gasteiger charge is -2.32. The van der Waals surface area contributed by atoms with Crippen molar-refractivity contribution in [3.8, 4) is 0 Å². The van der Waals surface area contributed by atoms with Crippen LogP contribution in [0.25, 0.3) is 5.65 Å². The number of hydrogen-bond acceptors (Lipinski definition) is 5. The van der Waals surface area contributed by atoms with E-state index in [1.54, 1.807) is 10.8 Å². The van der Waals surface area contributed by atoms with Crippen LogP contribution in [-0.2, 0) is 11.2 Å². The van der Waals surface area contributed by atoms with Gasteiger partial charge in [0.05, 0.1) is 6.04 Å². The van der Waals surface area contributed by atoms with Crippen LogP contribution in [0.2, 0.25) is 0 Å². The molecule has 1 amide bonds. The number of nitrogens with one attached hydrogen (secondary N) is 1. The van der Waals surface area contributed by atoms with E-state index in [1.165, 1.54) is 5.56 Å². The molecule has 7 nitrogen and oxygen atoms in total. The Balaban J connectivity index is 1.32. The van der Waals surface area contributed by atoms with Crippen LogP contribution in [0.3, 0.4) is 0 Å². The van der Waals surface area contributed by atoms with Crippen molar-refractivity contribution in [2.75, 3.05) is 18.0 Å². The van der Waals surface area contributed by atoms with E-state index < -0.39 is 0 Å². The number of carbonyl (C=O) groups is 1. The Kier molecular flexibility index (Phi) is 5.23. The molecule has 0 bridgehead atoms. The van der Waals surface area contributed by atoms with E-state index in [4.69, 9.17) is 0 Å². The van der Waals surface area contributed by atoms with Gasteiger partial charge in [-0.05, 0) is 49.4 Å². The van der Waals surface area contributed by atoms with Crippen LogP contribution in [-0.4, -0.2) is 38.8 Å². The van der Waals surface area contributed by atoms with Gasteiger partial charge in [-0.3, -0.25) is 4.79 Å². The molecule has 3 heterocycles. The molecule has 0 radical (unpaired) electrons. The molecule has 0 spiro atoms. The Morgan fingerprint density at radius 2 is 1.93 bits per heavy atom. The number of carbonyl (C=O) groups excluding carboxylic acids is 1. The van der Waals surface area contributed by atoms with Crippen molar-refractivity contribution in [3.63, 3.8) is 0 Å². The van der Waals surface area contributed by atoms with Gasteiger partial charge in [0.15, 0.2) is 5.65 Å². The number of rotatable bonds is 5. The molecule has 28 heavy (non-hydrogen) atoms. The Hall–Kier alpha value is -2.96. The summed E-state index contributed by atoms with van der Waals surface area (Å²) in [5.41, 5.74) is 3.20. The smallest absolute Gasteiger partial charge is 0.223 e. The van der Waals surface area contributed by atoms with E-state index >= 15 is 0 Å². The largest absolute Gasteiger partial charge is 0.355 e. The molecule has 1 aromatic carbocycles. The summed E-state index contributed by atoms with van der Waals surface area (Å²) in [5.74, 6) is 1.09. The molecule has 1 N–H and O–H groups in total. The van der Waals surface area contributed by atoms with Crippen molar-refractivity contribution in [1.29, 1.82) is 0 Å². The minimum Gasteiger partial charge on any atom is -0.355 e. The highest BCUT2D eigenvalue weighted by atomic mass is 16.1. The Morgan fingerprint density at radius 1 is 1.18 bits per heavy atom. The van der Waals surface area contributed by atoms with Gasteiger partial charge in [-0.2, -0.15) is 4.52 Å². The Labute approximate surface area is 164 Å². The predicted molar refractivity (Wildman–Crippen MR) is 108 cm³/mol. The molecule has 0 aliphatic carbocycles. The van der Waals surface area contributed by atoms with Crippen LogP contribution in [0.5, 0.6) is 0 Å². The highest BCUT2D eigenvalue weighted by molar-refractivity contribution is 5.79. The second-order valence-corrected chi connectivity index (χ2v) is 7.41. The summed E-state index contributed by atoms with van der Waals surface area (Å²) in [5, 5.41) is 15.6. The highest BCUT2D eigenvalue weighted by Crippen LogP contribution is 2.23. The maximum atomic E-state index is 12.7. The third kappa shape index (κ3) is 3.83. The Bertz CT molecular complexity index is 943. The molecule has 7 heteroatoms. The molecule has 1 fully saturated rings. The predicted octanol–water partition coefficient (Wildman–Crippen LogP) is 2.78. The van der Waals surface area contributed by atoms with Gasteiger partial charge in [0.25, 0.3) is 0 Å². The molecule has 146 valence electrons. The van der Waals surface area contributed by atoms with E-state index in [2.05, 4.69) is 56.7 Å². The molecule has 0 unspecified atom stereocenters. The fraction of sp³-hybridized carbons (Fsp3) is 0.429. The average Bonchev–Trinajstić information content (AvgIpc) is 3.21. The van der Waals surface area contributed by atoms with Gasteiger partial charge in [-0.25, -0.2) is 0 Å². The van der Waals surface area contributed by atoms with Gasteiger partial charge in [0.1, 0.15) is 12.1 Å².